The van der Waals surface area contributed by atoms with Gasteiger partial charge in [0.2, 0.25) is 5.76 Å². The summed E-state index contributed by atoms with van der Waals surface area (Å²) >= 11 is 0. The maximum absolute atomic E-state index is 11.9. The molecule has 1 aromatic carbocycles. The molecular weight excluding hydrogens is 318 g/mol. The van der Waals surface area contributed by atoms with Crippen LogP contribution in [0.25, 0.3) is 0 Å². The zero-order chi connectivity index (χ0) is 16.8. The first kappa shape index (κ1) is 16.0. The Morgan fingerprint density at radius 3 is 2.67 bits per heavy atom. The van der Waals surface area contributed by atoms with Gasteiger partial charge < -0.3 is 29.0 Å². The second-order valence-corrected chi connectivity index (χ2v) is 5.04. The molecule has 1 aromatic rings. The van der Waals surface area contributed by atoms with Crippen LogP contribution >= 0.6 is 0 Å². The number of rotatable bonds is 4. The predicted octanol–water partition coefficient (Wildman–Crippen LogP) is 1.22. The van der Waals surface area contributed by atoms with Crippen molar-refractivity contribution in [3.8, 4) is 11.5 Å². The van der Waals surface area contributed by atoms with E-state index in [9.17, 15) is 9.59 Å². The summed E-state index contributed by atoms with van der Waals surface area (Å²) in [5.74, 6) is -0.0678. The summed E-state index contributed by atoms with van der Waals surface area (Å²) in [6.45, 7) is 1.36. The van der Waals surface area contributed by atoms with E-state index in [-0.39, 0.29) is 12.4 Å². The summed E-state index contributed by atoms with van der Waals surface area (Å²) in [5.41, 5.74) is 0.525. The van der Waals surface area contributed by atoms with Gasteiger partial charge in [-0.05, 0) is 12.1 Å². The highest BCUT2D eigenvalue weighted by molar-refractivity contribution is 5.94. The van der Waals surface area contributed by atoms with E-state index in [0.717, 1.165) is 6.42 Å². The van der Waals surface area contributed by atoms with Gasteiger partial charge in [-0.2, -0.15) is 0 Å². The van der Waals surface area contributed by atoms with Crippen LogP contribution in [0.15, 0.2) is 30.2 Å². The quantitative estimate of drug-likeness (QED) is 0.827. The molecule has 0 aromatic heterocycles. The van der Waals surface area contributed by atoms with Crippen LogP contribution < -0.4 is 14.8 Å². The number of fused-ring (bicyclic) bond motifs is 1. The Morgan fingerprint density at radius 2 is 1.88 bits per heavy atom. The van der Waals surface area contributed by atoms with Crippen LogP contribution in [0.4, 0.5) is 5.69 Å². The number of ether oxygens (including phenoxy) is 5. The normalized spacial score (nSPS) is 15.9. The first-order chi connectivity index (χ1) is 11.7. The lowest BCUT2D eigenvalue weighted by Crippen LogP contribution is -2.23. The first-order valence-corrected chi connectivity index (χ1v) is 7.53. The standard InChI is InChI=1S/C16H17NO7/c18-15(10-24-16(19)14-9-20-6-7-23-14)17-11-2-3-12-13(8-11)22-5-1-4-21-12/h2-3,8-9H,1,4-7,10H2,(H,17,18). The molecule has 8 nitrogen and oxygen atoms in total. The molecule has 24 heavy (non-hydrogen) atoms. The third kappa shape index (κ3) is 4.09. The van der Waals surface area contributed by atoms with E-state index in [2.05, 4.69) is 5.32 Å². The summed E-state index contributed by atoms with van der Waals surface area (Å²) in [6.07, 6.45) is 1.97. The minimum atomic E-state index is -0.747. The Kier molecular flexibility index (Phi) is 5.05. The van der Waals surface area contributed by atoms with Gasteiger partial charge in [0.05, 0.1) is 13.2 Å². The van der Waals surface area contributed by atoms with Crippen molar-refractivity contribution >= 4 is 17.6 Å². The molecule has 2 aliphatic heterocycles. The number of benzene rings is 1. The lowest BCUT2D eigenvalue weighted by atomic mass is 10.2. The molecule has 8 heteroatoms. The monoisotopic (exact) mass is 335 g/mol. The van der Waals surface area contributed by atoms with Crippen LogP contribution in [0, 0.1) is 0 Å². The highest BCUT2D eigenvalue weighted by Gasteiger charge is 2.18. The number of nitrogens with one attached hydrogen (secondary N) is 1. The molecular formula is C16H17NO7. The van der Waals surface area contributed by atoms with E-state index in [4.69, 9.17) is 23.7 Å². The summed E-state index contributed by atoms with van der Waals surface area (Å²) < 4.78 is 26.0. The molecule has 0 saturated heterocycles. The molecule has 0 bridgehead atoms. The van der Waals surface area contributed by atoms with Gasteiger partial charge in [0.25, 0.3) is 5.91 Å². The zero-order valence-corrected chi connectivity index (χ0v) is 12.9. The van der Waals surface area contributed by atoms with Crippen molar-refractivity contribution in [3.05, 3.63) is 30.2 Å². The van der Waals surface area contributed by atoms with Crippen molar-refractivity contribution in [1.82, 2.24) is 0 Å². The average Bonchev–Trinajstić information content (AvgIpc) is 2.85. The highest BCUT2D eigenvalue weighted by Crippen LogP contribution is 2.32. The number of anilines is 1. The first-order valence-electron chi connectivity index (χ1n) is 7.53. The molecule has 0 aliphatic carbocycles. The lowest BCUT2D eigenvalue weighted by Gasteiger charge is -2.14. The van der Waals surface area contributed by atoms with E-state index in [0.29, 0.717) is 37.0 Å². The minimum absolute atomic E-state index is 0.0513. The van der Waals surface area contributed by atoms with Gasteiger partial charge in [0.1, 0.15) is 19.5 Å². The molecule has 0 radical (unpaired) electrons. The maximum Gasteiger partial charge on any atom is 0.377 e. The van der Waals surface area contributed by atoms with Gasteiger partial charge in [-0.1, -0.05) is 0 Å². The van der Waals surface area contributed by atoms with Crippen molar-refractivity contribution in [1.29, 1.82) is 0 Å². The molecule has 128 valence electrons. The Labute approximate surface area is 138 Å². The van der Waals surface area contributed by atoms with E-state index in [1.165, 1.54) is 6.26 Å². The number of esters is 1. The summed E-state index contributed by atoms with van der Waals surface area (Å²) in [6, 6.07) is 5.08. The Morgan fingerprint density at radius 1 is 1.04 bits per heavy atom. The van der Waals surface area contributed by atoms with Gasteiger partial charge in [-0.3, -0.25) is 4.79 Å². The van der Waals surface area contributed by atoms with Gasteiger partial charge in [0, 0.05) is 18.2 Å². The van der Waals surface area contributed by atoms with E-state index in [1.54, 1.807) is 18.2 Å². The summed E-state index contributed by atoms with van der Waals surface area (Å²) in [4.78, 5) is 23.6. The van der Waals surface area contributed by atoms with E-state index < -0.39 is 18.5 Å². The SMILES string of the molecule is O=C(COC(=O)C1=COCCO1)Nc1ccc2c(c1)OCCCO2. The summed E-state index contributed by atoms with van der Waals surface area (Å²) in [7, 11) is 0. The largest absolute Gasteiger partial charge is 0.493 e. The second kappa shape index (κ2) is 7.58. The molecule has 1 amide bonds. The van der Waals surface area contributed by atoms with Crippen molar-refractivity contribution in [2.45, 2.75) is 6.42 Å². The number of hydrogen-bond acceptors (Lipinski definition) is 7. The number of carbonyl (C=O) groups excluding carboxylic acids is 2. The fourth-order valence-electron chi connectivity index (χ4n) is 2.12. The Balaban J connectivity index is 1.52. The lowest BCUT2D eigenvalue weighted by molar-refractivity contribution is -0.148. The smallest absolute Gasteiger partial charge is 0.377 e. The second-order valence-electron chi connectivity index (χ2n) is 5.04. The van der Waals surface area contributed by atoms with E-state index in [1.807, 2.05) is 0 Å². The zero-order valence-electron chi connectivity index (χ0n) is 12.9. The van der Waals surface area contributed by atoms with Crippen LogP contribution in [0.5, 0.6) is 11.5 Å². The maximum atomic E-state index is 11.9. The number of amides is 1. The van der Waals surface area contributed by atoms with Crippen molar-refractivity contribution in [2.24, 2.45) is 0 Å². The number of carbonyl (C=O) groups is 2. The summed E-state index contributed by atoms with van der Waals surface area (Å²) in [5, 5.41) is 2.63. The fourth-order valence-corrected chi connectivity index (χ4v) is 2.12. The molecule has 2 aliphatic rings. The molecule has 3 rings (SSSR count). The van der Waals surface area contributed by atoms with Crippen LogP contribution in [-0.4, -0.2) is 44.9 Å². The van der Waals surface area contributed by atoms with Crippen LogP contribution in [0.2, 0.25) is 0 Å². The molecule has 0 saturated carbocycles. The fraction of sp³-hybridized carbons (Fsp3) is 0.375. The third-order valence-corrected chi connectivity index (χ3v) is 3.22. The molecule has 1 N–H and O–H groups in total. The van der Waals surface area contributed by atoms with Crippen LogP contribution in [-0.2, 0) is 23.8 Å². The van der Waals surface area contributed by atoms with E-state index >= 15 is 0 Å². The Bertz CT molecular complexity index is 656. The molecule has 0 fully saturated rings. The van der Waals surface area contributed by atoms with Gasteiger partial charge in [-0.25, -0.2) is 4.79 Å². The van der Waals surface area contributed by atoms with Crippen LogP contribution in [0.1, 0.15) is 6.42 Å². The van der Waals surface area contributed by atoms with Gasteiger partial charge in [-0.15, -0.1) is 0 Å². The number of hydrogen-bond donors (Lipinski definition) is 1. The minimum Gasteiger partial charge on any atom is -0.493 e. The molecule has 0 spiro atoms. The third-order valence-electron chi connectivity index (χ3n) is 3.22. The highest BCUT2D eigenvalue weighted by atomic mass is 16.6. The van der Waals surface area contributed by atoms with Gasteiger partial charge in [0.15, 0.2) is 18.1 Å². The van der Waals surface area contributed by atoms with Crippen molar-refractivity contribution in [2.75, 3.05) is 38.4 Å². The predicted molar refractivity (Wildman–Crippen MR) is 81.6 cm³/mol. The molecule has 0 atom stereocenters. The average molecular weight is 335 g/mol. The van der Waals surface area contributed by atoms with Gasteiger partial charge >= 0.3 is 5.97 Å². The van der Waals surface area contributed by atoms with Crippen molar-refractivity contribution in [3.63, 3.8) is 0 Å². The molecule has 0 unspecified atom stereocenters. The van der Waals surface area contributed by atoms with Crippen molar-refractivity contribution < 1.29 is 33.3 Å². The molecule has 2 heterocycles. The Hall–Kier alpha value is -2.90. The van der Waals surface area contributed by atoms with Crippen LogP contribution in [0.3, 0.4) is 0 Å². The topological polar surface area (TPSA) is 92.3 Å².